The maximum atomic E-state index is 12.2. The van der Waals surface area contributed by atoms with Crippen molar-refractivity contribution in [2.45, 2.75) is 70.6 Å². The zero-order valence-electron chi connectivity index (χ0n) is 13.9. The van der Waals surface area contributed by atoms with Gasteiger partial charge in [-0.15, -0.1) is 0 Å². The van der Waals surface area contributed by atoms with E-state index in [1.54, 1.807) is 0 Å². The van der Waals surface area contributed by atoms with Crippen molar-refractivity contribution in [1.29, 1.82) is 5.26 Å². The number of allylic oxidation sites excluding steroid dienone is 1. The molecule has 0 saturated carbocycles. The molecule has 1 unspecified atom stereocenters. The molecule has 22 heavy (non-hydrogen) atoms. The summed E-state index contributed by atoms with van der Waals surface area (Å²) in [6, 6.07) is 2.98. The van der Waals surface area contributed by atoms with Crippen molar-refractivity contribution in [2.24, 2.45) is 0 Å². The monoisotopic (exact) mass is 305 g/mol. The molecule has 2 aliphatic rings. The van der Waals surface area contributed by atoms with Gasteiger partial charge in [-0.3, -0.25) is 0 Å². The van der Waals surface area contributed by atoms with E-state index in [9.17, 15) is 4.79 Å². The Morgan fingerprint density at radius 2 is 2.18 bits per heavy atom. The summed E-state index contributed by atoms with van der Waals surface area (Å²) < 4.78 is 5.46. The molecular formula is C17H27N3O2. The van der Waals surface area contributed by atoms with Crippen LogP contribution in [0, 0.1) is 11.3 Å². The molecule has 1 heterocycles. The van der Waals surface area contributed by atoms with Gasteiger partial charge in [0, 0.05) is 30.7 Å². The van der Waals surface area contributed by atoms with E-state index >= 15 is 0 Å². The molecule has 0 radical (unpaired) electrons. The lowest BCUT2D eigenvalue weighted by Crippen LogP contribution is -2.51. The van der Waals surface area contributed by atoms with Gasteiger partial charge in [0.1, 0.15) is 5.60 Å². The van der Waals surface area contributed by atoms with Crippen LogP contribution in [0.2, 0.25) is 0 Å². The number of carbonyl (C=O) groups excluding carboxylic acids is 1. The molecule has 1 fully saturated rings. The SMILES string of the molecule is CC(C)(C)OC(=O)N1CCC[C@H](NC2CC=C(C#N)CC2)C1. The van der Waals surface area contributed by atoms with E-state index in [1.165, 1.54) is 0 Å². The van der Waals surface area contributed by atoms with Crippen molar-refractivity contribution in [3.05, 3.63) is 11.6 Å². The Hall–Kier alpha value is -1.54. The molecule has 1 N–H and O–H groups in total. The summed E-state index contributed by atoms with van der Waals surface area (Å²) in [6.07, 6.45) is 6.68. The Morgan fingerprint density at radius 3 is 2.77 bits per heavy atom. The van der Waals surface area contributed by atoms with E-state index < -0.39 is 5.60 Å². The fourth-order valence-corrected chi connectivity index (χ4v) is 3.03. The maximum absolute atomic E-state index is 12.2. The highest BCUT2D eigenvalue weighted by Gasteiger charge is 2.28. The topological polar surface area (TPSA) is 65.4 Å². The van der Waals surface area contributed by atoms with Crippen LogP contribution in [-0.2, 0) is 4.74 Å². The first-order valence-corrected chi connectivity index (χ1v) is 8.20. The first-order chi connectivity index (χ1) is 10.4. The fraction of sp³-hybridized carbons (Fsp3) is 0.765. The van der Waals surface area contributed by atoms with Crippen molar-refractivity contribution in [3.8, 4) is 6.07 Å². The molecule has 0 spiro atoms. The van der Waals surface area contributed by atoms with Gasteiger partial charge in [0.2, 0.25) is 0 Å². The number of nitrogens with zero attached hydrogens (tertiary/aromatic N) is 2. The lowest BCUT2D eigenvalue weighted by molar-refractivity contribution is 0.0182. The van der Waals surface area contributed by atoms with E-state index in [-0.39, 0.29) is 6.09 Å². The molecule has 2 rings (SSSR count). The average Bonchev–Trinajstić information content (AvgIpc) is 2.46. The van der Waals surface area contributed by atoms with E-state index in [0.717, 1.165) is 44.2 Å². The van der Waals surface area contributed by atoms with Crippen molar-refractivity contribution in [2.75, 3.05) is 13.1 Å². The number of likely N-dealkylation sites (tertiary alicyclic amines) is 1. The third-order valence-corrected chi connectivity index (χ3v) is 4.10. The van der Waals surface area contributed by atoms with Crippen molar-refractivity contribution >= 4 is 6.09 Å². The van der Waals surface area contributed by atoms with E-state index in [2.05, 4.69) is 11.4 Å². The predicted octanol–water partition coefficient (Wildman–Crippen LogP) is 2.98. The molecule has 0 aromatic carbocycles. The Labute approximate surface area is 133 Å². The Kier molecular flexibility index (Phi) is 5.47. The van der Waals surface area contributed by atoms with Crippen LogP contribution in [0.3, 0.4) is 0 Å². The van der Waals surface area contributed by atoms with E-state index in [4.69, 9.17) is 10.00 Å². The van der Waals surface area contributed by atoms with Crippen LogP contribution in [0.1, 0.15) is 52.9 Å². The summed E-state index contributed by atoms with van der Waals surface area (Å²) in [5, 5.41) is 12.5. The summed E-state index contributed by atoms with van der Waals surface area (Å²) >= 11 is 0. The summed E-state index contributed by atoms with van der Waals surface area (Å²) in [5.74, 6) is 0. The van der Waals surface area contributed by atoms with Crippen LogP contribution in [0.15, 0.2) is 11.6 Å². The molecule has 5 heteroatoms. The maximum Gasteiger partial charge on any atom is 0.410 e. The highest BCUT2D eigenvalue weighted by molar-refractivity contribution is 5.68. The quantitative estimate of drug-likeness (QED) is 0.852. The van der Waals surface area contributed by atoms with Crippen molar-refractivity contribution in [1.82, 2.24) is 10.2 Å². The summed E-state index contributed by atoms with van der Waals surface area (Å²) in [5.41, 5.74) is 0.455. The number of carbonyl (C=O) groups is 1. The molecule has 1 amide bonds. The smallest absolute Gasteiger partial charge is 0.410 e. The zero-order valence-corrected chi connectivity index (χ0v) is 13.9. The van der Waals surface area contributed by atoms with Gasteiger partial charge < -0.3 is 15.0 Å². The lowest BCUT2D eigenvalue weighted by Gasteiger charge is -2.36. The van der Waals surface area contributed by atoms with E-state index in [0.29, 0.717) is 18.6 Å². The summed E-state index contributed by atoms with van der Waals surface area (Å²) in [4.78, 5) is 14.0. The largest absolute Gasteiger partial charge is 0.444 e. The highest BCUT2D eigenvalue weighted by atomic mass is 16.6. The van der Waals surface area contributed by atoms with Gasteiger partial charge in [-0.1, -0.05) is 6.08 Å². The lowest BCUT2D eigenvalue weighted by atomic mass is 9.94. The normalized spacial score (nSPS) is 26.1. The summed E-state index contributed by atoms with van der Waals surface area (Å²) in [7, 11) is 0. The molecule has 0 bridgehead atoms. The molecule has 5 nitrogen and oxygen atoms in total. The van der Waals surface area contributed by atoms with Crippen LogP contribution < -0.4 is 5.32 Å². The van der Waals surface area contributed by atoms with Gasteiger partial charge >= 0.3 is 6.09 Å². The van der Waals surface area contributed by atoms with Gasteiger partial charge in [0.05, 0.1) is 6.07 Å². The Morgan fingerprint density at radius 1 is 1.41 bits per heavy atom. The number of nitriles is 1. The standard InChI is InChI=1S/C17H27N3O2/c1-17(2,3)22-16(21)20-10-4-5-15(12-20)19-14-8-6-13(11-18)7-9-14/h6,14-15,19H,4-5,7-10,12H2,1-3H3/t14?,15-/m0/s1. The minimum absolute atomic E-state index is 0.214. The average molecular weight is 305 g/mol. The third kappa shape index (κ3) is 5.03. The zero-order chi connectivity index (χ0) is 16.2. The minimum Gasteiger partial charge on any atom is -0.444 e. The van der Waals surface area contributed by atoms with Crippen LogP contribution in [0.25, 0.3) is 0 Å². The van der Waals surface area contributed by atoms with E-state index in [1.807, 2.05) is 31.7 Å². The number of hydrogen-bond donors (Lipinski definition) is 1. The van der Waals surface area contributed by atoms with Crippen LogP contribution >= 0.6 is 0 Å². The minimum atomic E-state index is -0.445. The van der Waals surface area contributed by atoms with Gasteiger partial charge in [0.25, 0.3) is 0 Å². The molecule has 0 aromatic heterocycles. The van der Waals surface area contributed by atoms with Gasteiger partial charge in [0.15, 0.2) is 0 Å². The molecule has 1 aliphatic carbocycles. The second-order valence-corrected chi connectivity index (χ2v) is 7.24. The first kappa shape index (κ1) is 16.8. The Bertz CT molecular complexity index is 473. The Balaban J connectivity index is 1.83. The second kappa shape index (κ2) is 7.15. The van der Waals surface area contributed by atoms with Crippen LogP contribution in [0.5, 0.6) is 0 Å². The van der Waals surface area contributed by atoms with Gasteiger partial charge in [-0.05, 0) is 52.9 Å². The molecule has 122 valence electrons. The van der Waals surface area contributed by atoms with Gasteiger partial charge in [-0.2, -0.15) is 5.26 Å². The fourth-order valence-electron chi connectivity index (χ4n) is 3.03. The van der Waals surface area contributed by atoms with Crippen molar-refractivity contribution < 1.29 is 9.53 Å². The number of amides is 1. The summed E-state index contributed by atoms with van der Waals surface area (Å²) in [6.45, 7) is 7.17. The number of hydrogen-bond acceptors (Lipinski definition) is 4. The van der Waals surface area contributed by atoms with Crippen LogP contribution in [-0.4, -0.2) is 41.8 Å². The van der Waals surface area contributed by atoms with Crippen molar-refractivity contribution in [3.63, 3.8) is 0 Å². The first-order valence-electron chi connectivity index (χ1n) is 8.20. The highest BCUT2D eigenvalue weighted by Crippen LogP contribution is 2.20. The third-order valence-electron chi connectivity index (χ3n) is 4.10. The predicted molar refractivity (Wildman–Crippen MR) is 85.3 cm³/mol. The number of nitrogens with one attached hydrogen (secondary N) is 1. The van der Waals surface area contributed by atoms with Crippen LogP contribution in [0.4, 0.5) is 4.79 Å². The number of ether oxygens (including phenoxy) is 1. The molecule has 0 aromatic rings. The molecule has 1 saturated heterocycles. The second-order valence-electron chi connectivity index (χ2n) is 7.24. The van der Waals surface area contributed by atoms with Gasteiger partial charge in [-0.25, -0.2) is 4.79 Å². The number of piperidine rings is 1. The molecule has 1 aliphatic heterocycles. The molecular weight excluding hydrogens is 278 g/mol. The number of rotatable bonds is 2. The molecule has 2 atom stereocenters.